The van der Waals surface area contributed by atoms with Crippen molar-refractivity contribution in [1.29, 1.82) is 0 Å². The van der Waals surface area contributed by atoms with Crippen LogP contribution in [0.2, 0.25) is 5.28 Å². The number of rotatable bonds is 4. The molecule has 0 amide bonds. The van der Waals surface area contributed by atoms with Crippen LogP contribution in [0.15, 0.2) is 34.1 Å². The monoisotopic (exact) mass is 395 g/mol. The molecule has 3 nitrogen and oxygen atoms in total. The fourth-order valence-corrected chi connectivity index (χ4v) is 3.91. The molecular formula is C16H15BrClN3S. The maximum absolute atomic E-state index is 6.11. The first kappa shape index (κ1) is 15.7. The molecule has 22 heavy (non-hydrogen) atoms. The van der Waals surface area contributed by atoms with Crippen LogP contribution in [-0.2, 0) is 0 Å². The van der Waals surface area contributed by atoms with Gasteiger partial charge in [0.2, 0.25) is 5.28 Å². The summed E-state index contributed by atoms with van der Waals surface area (Å²) in [6.45, 7) is 6.01. The molecule has 0 aliphatic heterocycles. The van der Waals surface area contributed by atoms with E-state index in [2.05, 4.69) is 62.2 Å². The van der Waals surface area contributed by atoms with E-state index in [1.54, 1.807) is 11.3 Å². The van der Waals surface area contributed by atoms with Gasteiger partial charge in [0.1, 0.15) is 10.6 Å². The van der Waals surface area contributed by atoms with Crippen molar-refractivity contribution in [2.24, 2.45) is 0 Å². The third kappa shape index (κ3) is 2.85. The summed E-state index contributed by atoms with van der Waals surface area (Å²) in [6, 6.07) is 8.30. The molecule has 2 aromatic heterocycles. The summed E-state index contributed by atoms with van der Waals surface area (Å²) in [7, 11) is 0. The van der Waals surface area contributed by atoms with E-state index in [4.69, 9.17) is 11.6 Å². The van der Waals surface area contributed by atoms with Gasteiger partial charge in [-0.15, -0.1) is 11.3 Å². The van der Waals surface area contributed by atoms with Gasteiger partial charge >= 0.3 is 0 Å². The summed E-state index contributed by atoms with van der Waals surface area (Å²) >= 11 is 11.2. The maximum Gasteiger partial charge on any atom is 0.225 e. The Morgan fingerprint density at radius 1 is 1.14 bits per heavy atom. The Bertz CT molecular complexity index is 797. The van der Waals surface area contributed by atoms with E-state index < -0.39 is 0 Å². The van der Waals surface area contributed by atoms with Gasteiger partial charge in [0.25, 0.3) is 0 Å². The lowest BCUT2D eigenvalue weighted by Crippen LogP contribution is -2.23. The first-order valence-corrected chi connectivity index (χ1v) is 9.14. The van der Waals surface area contributed by atoms with Crippen LogP contribution in [0.3, 0.4) is 0 Å². The second-order valence-electron chi connectivity index (χ2n) is 4.82. The zero-order chi connectivity index (χ0) is 15.7. The molecule has 0 unspecified atom stereocenters. The standard InChI is InChI=1S/C16H15BrClN3S/c1-3-21(4-2)14-13-12(10-5-7-11(17)8-6-10)9-22-15(13)20-16(18)19-14/h5-9H,3-4H2,1-2H3. The normalized spacial score (nSPS) is 11.1. The quantitative estimate of drug-likeness (QED) is 0.536. The highest BCUT2D eigenvalue weighted by molar-refractivity contribution is 9.10. The van der Waals surface area contributed by atoms with Crippen molar-refractivity contribution in [3.05, 3.63) is 39.4 Å². The number of thiophene rings is 1. The Hall–Kier alpha value is -1.17. The Kier molecular flexibility index (Phi) is 4.66. The molecule has 114 valence electrons. The summed E-state index contributed by atoms with van der Waals surface area (Å²) in [5.41, 5.74) is 2.32. The molecule has 3 rings (SSSR count). The van der Waals surface area contributed by atoms with Crippen molar-refractivity contribution < 1.29 is 0 Å². The highest BCUT2D eigenvalue weighted by Crippen LogP contribution is 2.39. The summed E-state index contributed by atoms with van der Waals surface area (Å²) in [5.74, 6) is 0.916. The predicted octanol–water partition coefficient (Wildman–Crippen LogP) is 5.62. The second kappa shape index (κ2) is 6.52. The Morgan fingerprint density at radius 3 is 2.45 bits per heavy atom. The van der Waals surface area contributed by atoms with Crippen LogP contribution >= 0.6 is 38.9 Å². The lowest BCUT2D eigenvalue weighted by Gasteiger charge is -2.21. The van der Waals surface area contributed by atoms with E-state index >= 15 is 0 Å². The number of fused-ring (bicyclic) bond motifs is 1. The molecule has 0 saturated carbocycles. The fourth-order valence-electron chi connectivity index (χ4n) is 2.49. The molecule has 3 aromatic rings. The predicted molar refractivity (Wildman–Crippen MR) is 99.1 cm³/mol. The molecule has 0 aliphatic rings. The van der Waals surface area contributed by atoms with Gasteiger partial charge in [-0.1, -0.05) is 28.1 Å². The largest absolute Gasteiger partial charge is 0.356 e. The van der Waals surface area contributed by atoms with Crippen LogP contribution < -0.4 is 4.90 Å². The zero-order valence-electron chi connectivity index (χ0n) is 12.3. The summed E-state index contributed by atoms with van der Waals surface area (Å²) in [6.07, 6.45) is 0. The molecular weight excluding hydrogens is 382 g/mol. The van der Waals surface area contributed by atoms with Gasteiger partial charge in [0, 0.05) is 28.5 Å². The number of anilines is 1. The molecule has 0 N–H and O–H groups in total. The molecule has 0 aliphatic carbocycles. The minimum absolute atomic E-state index is 0.304. The summed E-state index contributed by atoms with van der Waals surface area (Å²) < 4.78 is 1.07. The van der Waals surface area contributed by atoms with Crippen molar-refractivity contribution >= 4 is 54.9 Å². The van der Waals surface area contributed by atoms with E-state index in [1.807, 2.05) is 12.1 Å². The average Bonchev–Trinajstić information content (AvgIpc) is 2.93. The number of hydrogen-bond donors (Lipinski definition) is 0. The van der Waals surface area contributed by atoms with Gasteiger partial charge in [-0.05, 0) is 43.1 Å². The highest BCUT2D eigenvalue weighted by atomic mass is 79.9. The minimum Gasteiger partial charge on any atom is -0.356 e. The van der Waals surface area contributed by atoms with Crippen molar-refractivity contribution in [1.82, 2.24) is 9.97 Å². The number of nitrogens with zero attached hydrogens (tertiary/aromatic N) is 3. The van der Waals surface area contributed by atoms with Gasteiger partial charge in [-0.25, -0.2) is 4.98 Å². The average molecular weight is 397 g/mol. The Morgan fingerprint density at radius 2 is 1.82 bits per heavy atom. The first-order chi connectivity index (χ1) is 10.6. The van der Waals surface area contributed by atoms with Crippen LogP contribution in [0.4, 0.5) is 5.82 Å². The minimum atomic E-state index is 0.304. The third-order valence-corrected chi connectivity index (χ3v) is 5.18. The molecule has 0 saturated heterocycles. The zero-order valence-corrected chi connectivity index (χ0v) is 15.5. The second-order valence-corrected chi connectivity index (χ2v) is 6.94. The number of hydrogen-bond acceptors (Lipinski definition) is 4. The van der Waals surface area contributed by atoms with Crippen molar-refractivity contribution in [3.63, 3.8) is 0 Å². The first-order valence-electron chi connectivity index (χ1n) is 7.09. The third-order valence-electron chi connectivity index (χ3n) is 3.61. The molecule has 2 heterocycles. The Labute approximate surface area is 147 Å². The number of halogens is 2. The van der Waals surface area contributed by atoms with Gasteiger partial charge < -0.3 is 4.90 Å². The van der Waals surface area contributed by atoms with Crippen LogP contribution in [-0.4, -0.2) is 23.1 Å². The van der Waals surface area contributed by atoms with Crippen LogP contribution in [0.25, 0.3) is 21.3 Å². The van der Waals surface area contributed by atoms with E-state index in [0.717, 1.165) is 44.7 Å². The van der Waals surface area contributed by atoms with Crippen molar-refractivity contribution in [2.75, 3.05) is 18.0 Å². The van der Waals surface area contributed by atoms with E-state index in [-0.39, 0.29) is 0 Å². The fraction of sp³-hybridized carbons (Fsp3) is 0.250. The van der Waals surface area contributed by atoms with Crippen LogP contribution in [0.5, 0.6) is 0 Å². The summed E-state index contributed by atoms with van der Waals surface area (Å²) in [5, 5.41) is 3.52. The van der Waals surface area contributed by atoms with E-state index in [1.165, 1.54) is 0 Å². The lowest BCUT2D eigenvalue weighted by molar-refractivity contribution is 0.849. The van der Waals surface area contributed by atoms with Gasteiger partial charge in [-0.3, -0.25) is 0 Å². The molecule has 0 radical (unpaired) electrons. The van der Waals surface area contributed by atoms with E-state index in [9.17, 15) is 0 Å². The smallest absolute Gasteiger partial charge is 0.225 e. The molecule has 0 atom stereocenters. The van der Waals surface area contributed by atoms with Gasteiger partial charge in [0.15, 0.2) is 0 Å². The highest BCUT2D eigenvalue weighted by Gasteiger charge is 2.17. The topological polar surface area (TPSA) is 29.0 Å². The van der Waals surface area contributed by atoms with Crippen LogP contribution in [0, 0.1) is 0 Å². The maximum atomic E-state index is 6.11. The molecule has 6 heteroatoms. The van der Waals surface area contributed by atoms with Crippen molar-refractivity contribution in [3.8, 4) is 11.1 Å². The SMILES string of the molecule is CCN(CC)c1nc(Cl)nc2scc(-c3ccc(Br)cc3)c12. The molecule has 0 fully saturated rings. The Balaban J connectivity index is 2.26. The number of benzene rings is 1. The molecule has 0 spiro atoms. The van der Waals surface area contributed by atoms with Crippen LogP contribution in [0.1, 0.15) is 13.8 Å². The molecule has 1 aromatic carbocycles. The van der Waals surface area contributed by atoms with Crippen molar-refractivity contribution in [2.45, 2.75) is 13.8 Å². The molecule has 0 bridgehead atoms. The van der Waals surface area contributed by atoms with Gasteiger partial charge in [-0.2, -0.15) is 4.98 Å². The lowest BCUT2D eigenvalue weighted by atomic mass is 10.1. The van der Waals surface area contributed by atoms with E-state index in [0.29, 0.717) is 5.28 Å². The summed E-state index contributed by atoms with van der Waals surface area (Å²) in [4.78, 5) is 12.0. The number of aromatic nitrogens is 2. The van der Waals surface area contributed by atoms with Gasteiger partial charge in [0.05, 0.1) is 5.39 Å².